The minimum absolute atomic E-state index is 1.65. The molecule has 0 spiro atoms. The molecule has 60 valence electrons. The highest BCUT2D eigenvalue weighted by Gasteiger charge is 1.56. The van der Waals surface area contributed by atoms with Gasteiger partial charge in [-0.1, -0.05) is 30.6 Å². The Hall–Kier alpha value is -2.28. The summed E-state index contributed by atoms with van der Waals surface area (Å²) in [7, 11) is 0. The van der Waals surface area contributed by atoms with Gasteiger partial charge in [-0.3, -0.25) is 0 Å². The minimum Gasteiger partial charge on any atom is -0.0990 e. The molecule has 0 heteroatoms. The van der Waals surface area contributed by atoms with Crippen LogP contribution in [0.1, 0.15) is 6.92 Å². The van der Waals surface area contributed by atoms with Crippen molar-refractivity contribution in [2.45, 2.75) is 6.92 Å². The zero-order valence-corrected chi connectivity index (χ0v) is 7.44. The zero-order valence-electron chi connectivity index (χ0n) is 7.44. The van der Waals surface area contributed by atoms with Crippen molar-refractivity contribution in [2.24, 2.45) is 0 Å². The lowest BCUT2D eigenvalue weighted by Crippen LogP contribution is -1.53. The molecule has 0 saturated carbocycles. The van der Waals surface area contributed by atoms with E-state index in [1.54, 1.807) is 25.2 Å². The predicted octanol–water partition coefficient (Wildman–Crippen LogP) is 1.76. The van der Waals surface area contributed by atoms with Crippen LogP contribution in [0.4, 0.5) is 0 Å². The summed E-state index contributed by atoms with van der Waals surface area (Å²) in [5.41, 5.74) is 0. The average molecular weight is 164 g/mol. The second-order valence-electron chi connectivity index (χ2n) is 1.74. The molecule has 0 aromatic carbocycles. The first-order valence-corrected chi connectivity index (χ1v) is 3.61. The van der Waals surface area contributed by atoms with E-state index in [4.69, 9.17) is 0 Å². The topological polar surface area (TPSA) is 0 Å². The Morgan fingerprint density at radius 2 is 1.54 bits per heavy atom. The molecular formula is C13H8. The lowest BCUT2D eigenvalue weighted by molar-refractivity contribution is 1.92. The fraction of sp³-hybridized carbons (Fsp3) is 0.0769. The number of hydrogen-bond acceptors (Lipinski definition) is 0. The van der Waals surface area contributed by atoms with E-state index in [0.717, 1.165) is 0 Å². The van der Waals surface area contributed by atoms with Gasteiger partial charge in [-0.15, -0.1) is 0 Å². The molecule has 0 heterocycles. The Kier molecular flexibility index (Phi) is 8.02. The van der Waals surface area contributed by atoms with E-state index in [9.17, 15) is 0 Å². The van der Waals surface area contributed by atoms with Crippen LogP contribution in [-0.4, -0.2) is 0 Å². The standard InChI is InChI=1S/C13H8/c1-3-5-7-9-11-13-12-10-8-6-4-2/h3,5,7H,1H2,2H3/b7-5+. The lowest BCUT2D eigenvalue weighted by Gasteiger charge is -1.61. The van der Waals surface area contributed by atoms with Crippen molar-refractivity contribution in [3.05, 3.63) is 24.8 Å². The molecule has 0 fully saturated rings. The Morgan fingerprint density at radius 3 is 2.15 bits per heavy atom. The molecule has 0 aromatic heterocycles. The Morgan fingerprint density at radius 1 is 0.923 bits per heavy atom. The van der Waals surface area contributed by atoms with Crippen molar-refractivity contribution in [3.8, 4) is 47.4 Å². The summed E-state index contributed by atoms with van der Waals surface area (Å²) in [6.07, 6.45) is 5.06. The largest absolute Gasteiger partial charge is 0.0990 e. The molecule has 0 aliphatic heterocycles. The molecule has 0 aliphatic carbocycles. The van der Waals surface area contributed by atoms with Gasteiger partial charge in [-0.25, -0.2) is 0 Å². The highest BCUT2D eigenvalue weighted by molar-refractivity contribution is 5.41. The van der Waals surface area contributed by atoms with Crippen LogP contribution in [0.2, 0.25) is 0 Å². The molecule has 0 atom stereocenters. The first-order valence-electron chi connectivity index (χ1n) is 3.61. The Bertz CT molecular complexity index is 417. The predicted molar refractivity (Wildman–Crippen MR) is 56.1 cm³/mol. The van der Waals surface area contributed by atoms with E-state index in [2.05, 4.69) is 53.9 Å². The van der Waals surface area contributed by atoms with Gasteiger partial charge in [0.15, 0.2) is 0 Å². The molecular weight excluding hydrogens is 156 g/mol. The zero-order chi connectivity index (χ0) is 9.78. The molecule has 0 unspecified atom stereocenters. The summed E-state index contributed by atoms with van der Waals surface area (Å²) in [5, 5.41) is 0. The van der Waals surface area contributed by atoms with Crippen molar-refractivity contribution in [3.63, 3.8) is 0 Å². The molecule has 0 rings (SSSR count). The van der Waals surface area contributed by atoms with Gasteiger partial charge in [0.05, 0.1) is 0 Å². The van der Waals surface area contributed by atoms with Gasteiger partial charge in [-0.05, 0) is 48.5 Å². The molecule has 0 amide bonds. The third-order valence-electron chi connectivity index (χ3n) is 0.825. The van der Waals surface area contributed by atoms with Crippen molar-refractivity contribution in [1.29, 1.82) is 0 Å². The maximum Gasteiger partial charge on any atom is -0.0000226 e. The van der Waals surface area contributed by atoms with Crippen LogP contribution in [0.5, 0.6) is 0 Å². The molecule has 0 radical (unpaired) electrons. The average Bonchev–Trinajstić information content (AvgIpc) is 2.16. The van der Waals surface area contributed by atoms with Gasteiger partial charge in [-0.2, -0.15) is 0 Å². The first kappa shape index (κ1) is 10.7. The summed E-state index contributed by atoms with van der Waals surface area (Å²) in [6.45, 7) is 5.22. The van der Waals surface area contributed by atoms with Crippen LogP contribution < -0.4 is 0 Å². The number of hydrogen-bond donors (Lipinski definition) is 0. The van der Waals surface area contributed by atoms with Crippen LogP contribution in [0.25, 0.3) is 0 Å². The Labute approximate surface area is 79.7 Å². The molecule has 0 nitrogen and oxygen atoms in total. The fourth-order valence-electron chi connectivity index (χ4n) is 0.381. The third-order valence-corrected chi connectivity index (χ3v) is 0.825. The van der Waals surface area contributed by atoms with Crippen LogP contribution in [0, 0.1) is 47.4 Å². The van der Waals surface area contributed by atoms with Gasteiger partial charge in [0.2, 0.25) is 0 Å². The van der Waals surface area contributed by atoms with E-state index in [1.807, 2.05) is 0 Å². The number of allylic oxidation sites excluding steroid dienone is 3. The van der Waals surface area contributed by atoms with Crippen molar-refractivity contribution < 1.29 is 0 Å². The van der Waals surface area contributed by atoms with Crippen LogP contribution in [0.15, 0.2) is 24.8 Å². The van der Waals surface area contributed by atoms with Crippen molar-refractivity contribution >= 4 is 0 Å². The van der Waals surface area contributed by atoms with Gasteiger partial charge < -0.3 is 0 Å². The number of rotatable bonds is 1. The SMILES string of the molecule is C=C/C=C/C#CC#CC#CC#CC. The van der Waals surface area contributed by atoms with E-state index in [-0.39, 0.29) is 0 Å². The highest BCUT2D eigenvalue weighted by Crippen LogP contribution is 1.68. The van der Waals surface area contributed by atoms with Crippen molar-refractivity contribution in [1.82, 2.24) is 0 Å². The molecule has 13 heavy (non-hydrogen) atoms. The normalized spacial score (nSPS) is 5.92. The molecule has 0 N–H and O–H groups in total. The minimum atomic E-state index is 1.65. The van der Waals surface area contributed by atoms with Crippen LogP contribution >= 0.6 is 0 Å². The van der Waals surface area contributed by atoms with E-state index in [0.29, 0.717) is 0 Å². The molecule has 0 aromatic rings. The van der Waals surface area contributed by atoms with Gasteiger partial charge >= 0.3 is 0 Å². The quantitative estimate of drug-likeness (QED) is 0.409. The second kappa shape index (κ2) is 9.72. The maximum atomic E-state index is 3.50. The highest BCUT2D eigenvalue weighted by atomic mass is 13.6. The summed E-state index contributed by atoms with van der Waals surface area (Å²) in [5.74, 6) is 20.7. The monoisotopic (exact) mass is 164 g/mol. The van der Waals surface area contributed by atoms with E-state index in [1.165, 1.54) is 0 Å². The van der Waals surface area contributed by atoms with E-state index < -0.39 is 0 Å². The summed E-state index contributed by atoms with van der Waals surface area (Å²) in [4.78, 5) is 0. The summed E-state index contributed by atoms with van der Waals surface area (Å²) in [6, 6.07) is 0. The van der Waals surface area contributed by atoms with Crippen LogP contribution in [-0.2, 0) is 0 Å². The first-order chi connectivity index (χ1) is 6.41. The van der Waals surface area contributed by atoms with Gasteiger partial charge in [0.25, 0.3) is 0 Å². The van der Waals surface area contributed by atoms with Crippen molar-refractivity contribution in [2.75, 3.05) is 0 Å². The van der Waals surface area contributed by atoms with E-state index >= 15 is 0 Å². The fourth-order valence-corrected chi connectivity index (χ4v) is 0.381. The summed E-state index contributed by atoms with van der Waals surface area (Å²) >= 11 is 0. The molecule has 0 bridgehead atoms. The summed E-state index contributed by atoms with van der Waals surface area (Å²) < 4.78 is 0. The third kappa shape index (κ3) is 9.72. The smallest absolute Gasteiger partial charge is 0.0000226 e. The Balaban J connectivity index is 4.04. The molecule has 0 saturated heterocycles. The second-order valence-corrected chi connectivity index (χ2v) is 1.74. The van der Waals surface area contributed by atoms with Crippen LogP contribution in [0.3, 0.4) is 0 Å². The van der Waals surface area contributed by atoms with Gasteiger partial charge in [0, 0.05) is 0 Å². The molecule has 0 aliphatic rings. The van der Waals surface area contributed by atoms with Gasteiger partial charge in [0.1, 0.15) is 0 Å². The lowest BCUT2D eigenvalue weighted by atomic mass is 10.4. The maximum absolute atomic E-state index is 3.50.